The number of aromatic nitrogens is 3. The number of aromatic amines is 1. The van der Waals surface area contributed by atoms with E-state index in [4.69, 9.17) is 0 Å². The van der Waals surface area contributed by atoms with Crippen LogP contribution in [0.15, 0.2) is 54.7 Å². The summed E-state index contributed by atoms with van der Waals surface area (Å²) in [7, 11) is 0. The van der Waals surface area contributed by atoms with Gasteiger partial charge in [0.15, 0.2) is 0 Å². The fourth-order valence-corrected chi connectivity index (χ4v) is 2.80. The van der Waals surface area contributed by atoms with E-state index in [1.807, 2.05) is 24.3 Å². The first kappa shape index (κ1) is 17.0. The number of benzene rings is 2. The lowest BCUT2D eigenvalue weighted by atomic mass is 10.1. The molecule has 2 aromatic heterocycles. The van der Waals surface area contributed by atoms with Gasteiger partial charge in [-0.1, -0.05) is 30.3 Å². The highest BCUT2D eigenvalue weighted by atomic mass is 27.1. The zero-order chi connectivity index (χ0) is 18.8. The Morgan fingerprint density at radius 1 is 1.00 bits per heavy atom. The van der Waals surface area contributed by atoms with Gasteiger partial charge in [0.05, 0.1) is 11.2 Å². The maximum atomic E-state index is 12.5. The number of carbonyl (C=O) groups is 2. The van der Waals surface area contributed by atoms with Gasteiger partial charge in [0.2, 0.25) is 5.95 Å². The normalized spacial score (nSPS) is 10.7. The summed E-state index contributed by atoms with van der Waals surface area (Å²) in [5, 5.41) is 7.27. The lowest BCUT2D eigenvalue weighted by Crippen LogP contribution is -2.25. The molecular formula is C18H13AlN6O2. The van der Waals surface area contributed by atoms with Crippen LogP contribution < -0.4 is 14.9 Å². The van der Waals surface area contributed by atoms with Crippen LogP contribution in [0.5, 0.6) is 0 Å². The fraction of sp³-hybridized carbons (Fsp3) is 0. The van der Waals surface area contributed by atoms with E-state index in [-0.39, 0.29) is 23.6 Å². The number of carbonyl (C=O) groups excluding carboxylic acids is 2. The van der Waals surface area contributed by atoms with Crippen LogP contribution in [0.2, 0.25) is 0 Å². The number of hydrogen-bond donors (Lipinski definition) is 4. The smallest absolute Gasteiger partial charge is 0.313 e. The van der Waals surface area contributed by atoms with Crippen LogP contribution >= 0.6 is 0 Å². The second-order valence-corrected chi connectivity index (χ2v) is 6.05. The number of nitrogens with zero attached hydrogens (tertiary/aromatic N) is 2. The van der Waals surface area contributed by atoms with Crippen LogP contribution in [0.25, 0.3) is 21.8 Å². The average molecular weight is 372 g/mol. The monoisotopic (exact) mass is 372 g/mol. The number of nitrogens with one attached hydrogen (secondary N) is 4. The van der Waals surface area contributed by atoms with E-state index in [9.17, 15) is 9.59 Å². The molecule has 4 N–H and O–H groups in total. The molecule has 27 heavy (non-hydrogen) atoms. The quantitative estimate of drug-likeness (QED) is 0.414. The van der Waals surface area contributed by atoms with Gasteiger partial charge in [0, 0.05) is 11.6 Å². The number of rotatable bonds is 3. The Bertz CT molecular complexity index is 1170. The summed E-state index contributed by atoms with van der Waals surface area (Å²) in [6.45, 7) is 0. The molecule has 2 heterocycles. The van der Waals surface area contributed by atoms with Crippen molar-refractivity contribution in [1.82, 2.24) is 19.3 Å². The van der Waals surface area contributed by atoms with Crippen molar-refractivity contribution in [3.05, 3.63) is 60.4 Å². The minimum Gasteiger partial charge on any atom is -0.446 e. The van der Waals surface area contributed by atoms with Crippen molar-refractivity contribution in [3.63, 3.8) is 0 Å². The fourth-order valence-electron chi connectivity index (χ4n) is 2.73. The summed E-state index contributed by atoms with van der Waals surface area (Å²) in [5.74, 6) is -0.109. The maximum absolute atomic E-state index is 12.5. The zero-order valence-electron chi connectivity index (χ0n) is 14.0. The number of imidazole rings is 1. The number of anilines is 2. The van der Waals surface area contributed by atoms with E-state index >= 15 is 0 Å². The molecule has 2 aromatic carbocycles. The van der Waals surface area contributed by atoms with Crippen LogP contribution in [0, 0.1) is 0 Å². The molecular weight excluding hydrogens is 359 g/mol. The van der Waals surface area contributed by atoms with E-state index in [0.29, 0.717) is 16.7 Å². The topological polar surface area (TPSA) is 112 Å². The molecule has 0 unspecified atom stereocenters. The summed E-state index contributed by atoms with van der Waals surface area (Å²) < 4.78 is 2.40. The van der Waals surface area contributed by atoms with Gasteiger partial charge in [-0.2, -0.15) is 0 Å². The number of fused-ring (bicyclic) bond motifs is 2. The van der Waals surface area contributed by atoms with Crippen molar-refractivity contribution in [3.8, 4) is 0 Å². The summed E-state index contributed by atoms with van der Waals surface area (Å²) in [4.78, 5) is 35.7. The predicted molar refractivity (Wildman–Crippen MR) is 104 cm³/mol. The van der Waals surface area contributed by atoms with E-state index in [2.05, 4.69) is 46.4 Å². The molecule has 0 saturated carbocycles. The SMILES string of the molecule is O=C([NH][Al])Nc1cccc2[nH]c(NC(=O)c3cc4ccccc4cn3)nc12. The number of hydrogen-bond acceptors (Lipinski definition) is 4. The first-order valence-corrected chi connectivity index (χ1v) is 8.64. The highest BCUT2D eigenvalue weighted by molar-refractivity contribution is 6.17. The van der Waals surface area contributed by atoms with Gasteiger partial charge in [0.25, 0.3) is 11.9 Å². The highest BCUT2D eigenvalue weighted by Crippen LogP contribution is 2.23. The van der Waals surface area contributed by atoms with Crippen molar-refractivity contribution in [2.24, 2.45) is 0 Å². The molecule has 2 radical (unpaired) electrons. The average Bonchev–Trinajstić information content (AvgIpc) is 3.11. The van der Waals surface area contributed by atoms with Crippen LogP contribution in [-0.4, -0.2) is 43.4 Å². The van der Waals surface area contributed by atoms with E-state index in [1.165, 1.54) is 0 Å². The molecule has 130 valence electrons. The number of amides is 3. The molecule has 0 aliphatic heterocycles. The van der Waals surface area contributed by atoms with Gasteiger partial charge >= 0.3 is 16.5 Å². The van der Waals surface area contributed by atoms with Gasteiger partial charge in [-0.15, -0.1) is 0 Å². The molecule has 0 aliphatic carbocycles. The molecule has 0 bridgehead atoms. The molecule has 3 amide bonds. The maximum Gasteiger partial charge on any atom is 0.313 e. The Morgan fingerprint density at radius 2 is 1.81 bits per heavy atom. The van der Waals surface area contributed by atoms with Crippen molar-refractivity contribution in [1.29, 1.82) is 0 Å². The lowest BCUT2D eigenvalue weighted by Gasteiger charge is -2.04. The van der Waals surface area contributed by atoms with Gasteiger partial charge in [-0.3, -0.25) is 19.9 Å². The molecule has 8 nitrogen and oxygen atoms in total. The van der Waals surface area contributed by atoms with Crippen LogP contribution in [0.3, 0.4) is 0 Å². The standard InChI is InChI=1S/C18H14N6O2.Al/c19-17(26)21-12-6-3-7-13-15(12)23-18(22-13)24-16(25)14-8-10-4-1-2-5-11(10)9-20-14;/h1-9H,(H5,19,20,21,22,23,24,25,26);/q;+1/p-1. The molecule has 4 aromatic rings. The molecule has 9 heteroatoms. The minimum absolute atomic E-state index is 0.269. The van der Waals surface area contributed by atoms with Crippen LogP contribution in [0.4, 0.5) is 16.4 Å². The van der Waals surface area contributed by atoms with Gasteiger partial charge in [-0.05, 0) is 23.6 Å². The second-order valence-electron chi connectivity index (χ2n) is 5.76. The van der Waals surface area contributed by atoms with Gasteiger partial charge in [-0.25, -0.2) is 4.98 Å². The van der Waals surface area contributed by atoms with E-state index in [0.717, 1.165) is 10.8 Å². The Kier molecular flexibility index (Phi) is 4.46. The molecule has 0 fully saturated rings. The molecule has 0 spiro atoms. The number of H-pyrrole nitrogens is 1. The van der Waals surface area contributed by atoms with Crippen molar-refractivity contribution < 1.29 is 9.59 Å². The van der Waals surface area contributed by atoms with Crippen molar-refractivity contribution >= 4 is 61.9 Å². The van der Waals surface area contributed by atoms with Crippen molar-refractivity contribution in [2.75, 3.05) is 10.6 Å². The summed E-state index contributed by atoms with van der Waals surface area (Å²) >= 11 is 2.12. The number of urea groups is 1. The highest BCUT2D eigenvalue weighted by Gasteiger charge is 2.13. The Balaban J connectivity index is 1.61. The van der Waals surface area contributed by atoms with Crippen molar-refractivity contribution in [2.45, 2.75) is 0 Å². The third-order valence-corrected chi connectivity index (χ3v) is 4.25. The third kappa shape index (κ3) is 3.46. The van der Waals surface area contributed by atoms with Gasteiger partial charge < -0.3 is 14.6 Å². The van der Waals surface area contributed by atoms with Gasteiger partial charge in [0.1, 0.15) is 11.2 Å². The minimum atomic E-state index is -0.388. The molecule has 0 atom stereocenters. The Hall–Kier alpha value is -3.41. The number of pyridine rings is 1. The third-order valence-electron chi connectivity index (χ3n) is 3.99. The predicted octanol–water partition coefficient (Wildman–Crippen LogP) is 2.57. The zero-order valence-corrected chi connectivity index (χ0v) is 15.1. The largest absolute Gasteiger partial charge is 0.446 e. The first-order valence-electron chi connectivity index (χ1n) is 8.06. The summed E-state index contributed by atoms with van der Waals surface area (Å²) in [6.07, 6.45) is 1.66. The first-order chi connectivity index (χ1) is 13.1. The Morgan fingerprint density at radius 3 is 2.63 bits per heavy atom. The second kappa shape index (κ2) is 7.07. The lowest BCUT2D eigenvalue weighted by molar-refractivity contribution is 0.102. The summed E-state index contributed by atoms with van der Waals surface area (Å²) in [5.41, 5.74) is 2.02. The van der Waals surface area contributed by atoms with E-state index in [1.54, 1.807) is 30.5 Å². The molecule has 0 saturated heterocycles. The van der Waals surface area contributed by atoms with E-state index < -0.39 is 0 Å². The Labute approximate surface area is 162 Å². The molecule has 0 aliphatic rings. The number of para-hydroxylation sites is 1. The summed E-state index contributed by atoms with van der Waals surface area (Å²) in [6, 6.07) is 14.3. The van der Waals surface area contributed by atoms with Crippen LogP contribution in [0.1, 0.15) is 10.5 Å². The molecule has 4 rings (SSSR count). The van der Waals surface area contributed by atoms with Crippen LogP contribution in [-0.2, 0) is 0 Å².